The van der Waals surface area contributed by atoms with Crippen LogP contribution in [0.1, 0.15) is 13.3 Å². The van der Waals surface area contributed by atoms with Gasteiger partial charge in [0.05, 0.1) is 12.5 Å². The van der Waals surface area contributed by atoms with Gasteiger partial charge in [0.15, 0.2) is 0 Å². The third-order valence-corrected chi connectivity index (χ3v) is 3.06. The van der Waals surface area contributed by atoms with Crippen LogP contribution < -0.4 is 5.14 Å². The Hall–Kier alpha value is -0.380. The van der Waals surface area contributed by atoms with Crippen LogP contribution in [-0.4, -0.2) is 37.8 Å². The Morgan fingerprint density at radius 3 is 2.40 bits per heavy atom. The first kappa shape index (κ1) is 12.7. The number of halogens is 3. The van der Waals surface area contributed by atoms with Gasteiger partial charge in [-0.15, -0.1) is 0 Å². The first-order chi connectivity index (χ1) is 6.59. The van der Waals surface area contributed by atoms with E-state index in [9.17, 15) is 21.6 Å². The molecule has 0 saturated carbocycles. The summed E-state index contributed by atoms with van der Waals surface area (Å²) in [4.78, 5) is 0. The zero-order valence-electron chi connectivity index (χ0n) is 7.86. The highest BCUT2D eigenvalue weighted by Crippen LogP contribution is 2.28. The lowest BCUT2D eigenvalue weighted by molar-refractivity contribution is -0.157. The van der Waals surface area contributed by atoms with Gasteiger partial charge in [0.1, 0.15) is 6.23 Å². The largest absolute Gasteiger partial charge is 0.391 e. The lowest BCUT2D eigenvalue weighted by atomic mass is 10.2. The van der Waals surface area contributed by atoms with Gasteiger partial charge in [0.2, 0.25) is 0 Å². The van der Waals surface area contributed by atoms with E-state index < -0.39 is 35.1 Å². The maximum Gasteiger partial charge on any atom is 0.391 e. The van der Waals surface area contributed by atoms with Gasteiger partial charge >= 0.3 is 6.18 Å². The zero-order valence-corrected chi connectivity index (χ0v) is 8.68. The minimum Gasteiger partial charge on any atom is -0.357 e. The highest BCUT2D eigenvalue weighted by atomic mass is 32.2. The summed E-state index contributed by atoms with van der Waals surface area (Å²) >= 11 is 0. The Balaban J connectivity index is 2.65. The maximum atomic E-state index is 12.0. The summed E-state index contributed by atoms with van der Waals surface area (Å²) in [6.45, 7) is 0.973. The van der Waals surface area contributed by atoms with Crippen molar-refractivity contribution < 1.29 is 26.3 Å². The Kier molecular flexibility index (Phi) is 3.29. The van der Waals surface area contributed by atoms with Crippen molar-refractivity contribution in [2.24, 2.45) is 5.14 Å². The summed E-state index contributed by atoms with van der Waals surface area (Å²) in [6, 6.07) is 0. The highest BCUT2D eigenvalue weighted by Gasteiger charge is 2.41. The van der Waals surface area contributed by atoms with Crippen LogP contribution in [0.3, 0.4) is 0 Å². The van der Waals surface area contributed by atoms with Gasteiger partial charge in [-0.25, -0.2) is 5.14 Å². The number of alkyl halides is 3. The smallest absolute Gasteiger partial charge is 0.357 e. The minimum absolute atomic E-state index is 0.362. The van der Waals surface area contributed by atoms with Crippen LogP contribution in [0.2, 0.25) is 0 Å². The maximum absolute atomic E-state index is 12.0. The first-order valence-electron chi connectivity index (χ1n) is 4.11. The van der Waals surface area contributed by atoms with Crippen LogP contribution in [0, 0.1) is 0 Å². The quantitative estimate of drug-likeness (QED) is 0.758. The predicted octanol–water partition coefficient (Wildman–Crippen LogP) is 0.189. The fourth-order valence-electron chi connectivity index (χ4n) is 1.42. The molecule has 0 amide bonds. The Morgan fingerprint density at radius 1 is 1.53 bits per heavy atom. The van der Waals surface area contributed by atoms with Crippen molar-refractivity contribution in [2.45, 2.75) is 31.9 Å². The molecule has 1 fully saturated rings. The van der Waals surface area contributed by atoms with Gasteiger partial charge in [0, 0.05) is 6.54 Å². The van der Waals surface area contributed by atoms with Crippen molar-refractivity contribution in [3.05, 3.63) is 0 Å². The second-order valence-corrected chi connectivity index (χ2v) is 4.79. The van der Waals surface area contributed by atoms with Crippen LogP contribution in [0.25, 0.3) is 0 Å². The van der Waals surface area contributed by atoms with Crippen LogP contribution in [0.4, 0.5) is 13.2 Å². The average molecular weight is 248 g/mol. The molecule has 9 heteroatoms. The fourth-order valence-corrected chi connectivity index (χ4v) is 2.26. The van der Waals surface area contributed by atoms with Gasteiger partial charge in [-0.3, -0.25) is 0 Å². The van der Waals surface area contributed by atoms with E-state index in [-0.39, 0.29) is 6.54 Å². The van der Waals surface area contributed by atoms with Crippen LogP contribution >= 0.6 is 0 Å². The summed E-state index contributed by atoms with van der Waals surface area (Å²) in [5.74, 6) is 0. The number of nitrogens with zero attached hydrogens (tertiary/aromatic N) is 1. The molecule has 0 spiro atoms. The van der Waals surface area contributed by atoms with Crippen LogP contribution in [0.15, 0.2) is 0 Å². The summed E-state index contributed by atoms with van der Waals surface area (Å²) in [5.41, 5.74) is 0. The van der Waals surface area contributed by atoms with Crippen LogP contribution in [-0.2, 0) is 14.9 Å². The normalized spacial score (nSPS) is 29.7. The number of nitrogens with two attached hydrogens (primary N) is 1. The van der Waals surface area contributed by atoms with Gasteiger partial charge in [0.25, 0.3) is 10.2 Å². The van der Waals surface area contributed by atoms with Gasteiger partial charge in [-0.1, -0.05) is 0 Å². The van der Waals surface area contributed by atoms with E-state index in [2.05, 4.69) is 0 Å². The van der Waals surface area contributed by atoms with E-state index >= 15 is 0 Å². The van der Waals surface area contributed by atoms with Gasteiger partial charge < -0.3 is 4.74 Å². The molecule has 5 nitrogen and oxygen atoms in total. The molecule has 90 valence electrons. The van der Waals surface area contributed by atoms with Gasteiger partial charge in [-0.05, 0) is 6.92 Å². The van der Waals surface area contributed by atoms with E-state index in [0.29, 0.717) is 4.31 Å². The van der Waals surface area contributed by atoms with Crippen molar-refractivity contribution in [1.29, 1.82) is 0 Å². The molecule has 0 aromatic rings. The Bertz CT molecular complexity index is 329. The lowest BCUT2D eigenvalue weighted by Crippen LogP contribution is -2.39. The molecule has 2 unspecified atom stereocenters. The number of hydrogen-bond acceptors (Lipinski definition) is 3. The molecule has 1 aliphatic heterocycles. The molecule has 0 radical (unpaired) electrons. The van der Waals surface area contributed by atoms with E-state index in [4.69, 9.17) is 9.88 Å². The van der Waals surface area contributed by atoms with E-state index in [1.54, 1.807) is 0 Å². The van der Waals surface area contributed by atoms with Crippen molar-refractivity contribution in [1.82, 2.24) is 4.31 Å². The number of ether oxygens (including phenoxy) is 1. The number of hydrogen-bond donors (Lipinski definition) is 1. The molecule has 0 bridgehead atoms. The molecule has 0 aliphatic carbocycles. The topological polar surface area (TPSA) is 72.6 Å². The summed E-state index contributed by atoms with van der Waals surface area (Å²) < 4.78 is 63.3. The summed E-state index contributed by atoms with van der Waals surface area (Å²) in [5, 5.41) is 4.79. The standard InChI is InChI=1S/C6H11F3N2O3S/c1-4-11(15(10,12)13)3-5(14-4)2-6(7,8)9/h4-5H,2-3H2,1H3,(H2,10,12,13). The molecule has 2 N–H and O–H groups in total. The van der Waals surface area contributed by atoms with E-state index in [1.165, 1.54) is 6.92 Å². The lowest BCUT2D eigenvalue weighted by Gasteiger charge is -2.14. The second kappa shape index (κ2) is 3.89. The third kappa shape index (κ3) is 3.59. The van der Waals surface area contributed by atoms with E-state index in [1.807, 2.05) is 0 Å². The summed E-state index contributed by atoms with van der Waals surface area (Å²) in [7, 11) is -4.00. The molecule has 2 atom stereocenters. The minimum atomic E-state index is -4.38. The van der Waals surface area contributed by atoms with E-state index in [0.717, 1.165) is 0 Å². The predicted molar refractivity (Wildman–Crippen MR) is 44.8 cm³/mol. The van der Waals surface area contributed by atoms with Crippen molar-refractivity contribution in [3.8, 4) is 0 Å². The SMILES string of the molecule is CC1OC(CC(F)(F)F)CN1S(N)(=O)=O. The number of rotatable bonds is 2. The molecule has 0 aromatic heterocycles. The fraction of sp³-hybridized carbons (Fsp3) is 1.00. The zero-order chi connectivity index (χ0) is 11.9. The molecule has 1 rings (SSSR count). The molecular formula is C6H11F3N2O3S. The molecule has 1 heterocycles. The Labute approximate surface area is 85.2 Å². The van der Waals surface area contributed by atoms with Crippen molar-refractivity contribution in [3.63, 3.8) is 0 Å². The monoisotopic (exact) mass is 248 g/mol. The molecule has 1 aliphatic rings. The highest BCUT2D eigenvalue weighted by molar-refractivity contribution is 7.86. The first-order valence-corrected chi connectivity index (χ1v) is 5.62. The Morgan fingerprint density at radius 2 is 2.07 bits per heavy atom. The molecule has 0 aromatic carbocycles. The van der Waals surface area contributed by atoms with Crippen molar-refractivity contribution >= 4 is 10.2 Å². The molecular weight excluding hydrogens is 237 g/mol. The average Bonchev–Trinajstić information content (AvgIpc) is 2.25. The molecule has 15 heavy (non-hydrogen) atoms. The second-order valence-electron chi connectivity index (χ2n) is 3.29. The third-order valence-electron chi connectivity index (χ3n) is 1.96. The molecule has 1 saturated heterocycles. The van der Waals surface area contributed by atoms with Gasteiger partial charge in [-0.2, -0.15) is 25.9 Å². The van der Waals surface area contributed by atoms with Crippen LogP contribution in [0.5, 0.6) is 0 Å². The van der Waals surface area contributed by atoms with Crippen molar-refractivity contribution in [2.75, 3.05) is 6.54 Å². The summed E-state index contributed by atoms with van der Waals surface area (Å²) in [6.07, 6.45) is -7.69.